The number of rotatable bonds is 3. The molecule has 0 saturated carbocycles. The summed E-state index contributed by atoms with van der Waals surface area (Å²) in [5.74, 6) is -2.10. The number of carbonyl (C=O) groups excluding carboxylic acids is 2. The van der Waals surface area contributed by atoms with Crippen molar-refractivity contribution in [2.75, 3.05) is 12.0 Å². The summed E-state index contributed by atoms with van der Waals surface area (Å²) < 4.78 is 33.9. The number of amides is 2. The number of hydrogen-bond donors (Lipinski definition) is 0. The van der Waals surface area contributed by atoms with E-state index in [0.717, 1.165) is 23.1 Å². The Morgan fingerprint density at radius 2 is 1.71 bits per heavy atom. The van der Waals surface area contributed by atoms with Crippen LogP contribution in [-0.4, -0.2) is 33.7 Å². The molecule has 0 aliphatic carbocycles. The number of pyridine rings is 1. The summed E-state index contributed by atoms with van der Waals surface area (Å²) in [4.78, 5) is 31.7. The lowest BCUT2D eigenvalue weighted by molar-refractivity contribution is 0.0926. The van der Waals surface area contributed by atoms with E-state index in [4.69, 9.17) is 4.74 Å². The number of ether oxygens (including phenoxy) is 1. The number of benzene rings is 2. The molecule has 0 saturated heterocycles. The number of imide groups is 1. The number of nitrogens with zero attached hydrogens (tertiary/aromatic N) is 4. The molecule has 0 unspecified atom stereocenters. The van der Waals surface area contributed by atoms with E-state index >= 15 is 0 Å². The Bertz CT molecular complexity index is 1390. The largest absolute Gasteiger partial charge is 0.497 e. The number of anilines is 1. The first-order valence-electron chi connectivity index (χ1n) is 9.26. The topological polar surface area (TPSA) is 77.3 Å². The molecule has 0 bridgehead atoms. The molecule has 0 radical (unpaired) electrons. The van der Waals surface area contributed by atoms with E-state index in [1.807, 2.05) is 0 Å². The van der Waals surface area contributed by atoms with Crippen LogP contribution in [0.25, 0.3) is 16.7 Å². The minimum Gasteiger partial charge on any atom is -0.497 e. The highest BCUT2D eigenvalue weighted by molar-refractivity contribution is 6.37. The second kappa shape index (κ2) is 6.69. The zero-order chi connectivity index (χ0) is 21.9. The van der Waals surface area contributed by atoms with E-state index in [-0.39, 0.29) is 22.5 Å². The van der Waals surface area contributed by atoms with Crippen molar-refractivity contribution in [1.29, 1.82) is 0 Å². The van der Waals surface area contributed by atoms with Gasteiger partial charge in [-0.3, -0.25) is 9.59 Å². The molecule has 2 amide bonds. The molecule has 1 aliphatic heterocycles. The van der Waals surface area contributed by atoms with Gasteiger partial charge in [0.25, 0.3) is 11.8 Å². The van der Waals surface area contributed by atoms with E-state index in [9.17, 15) is 18.4 Å². The maximum Gasteiger partial charge on any atom is 0.267 e. The van der Waals surface area contributed by atoms with Gasteiger partial charge >= 0.3 is 0 Å². The molecular weight excluding hydrogens is 406 g/mol. The summed E-state index contributed by atoms with van der Waals surface area (Å²) in [6, 6.07) is 9.56. The van der Waals surface area contributed by atoms with Gasteiger partial charge in [-0.05, 0) is 31.2 Å². The van der Waals surface area contributed by atoms with Gasteiger partial charge in [-0.2, -0.15) is 5.10 Å². The average molecular weight is 420 g/mol. The first-order chi connectivity index (χ1) is 14.9. The molecule has 154 valence electrons. The number of hydrogen-bond acceptors (Lipinski definition) is 5. The SMILES string of the molecule is COc1cccc(N2C(=O)c3cnc4c(c(C)nn4-c4cc(F)cc(F)c4)c3C2=O)c1. The number of aryl methyl sites for hydroxylation is 1. The van der Waals surface area contributed by atoms with Crippen molar-refractivity contribution in [3.63, 3.8) is 0 Å². The second-order valence-electron chi connectivity index (χ2n) is 7.02. The van der Waals surface area contributed by atoms with E-state index in [0.29, 0.717) is 22.5 Å². The van der Waals surface area contributed by atoms with Crippen molar-refractivity contribution in [1.82, 2.24) is 14.8 Å². The predicted molar refractivity (Wildman–Crippen MR) is 108 cm³/mol. The Hall–Kier alpha value is -4.14. The van der Waals surface area contributed by atoms with Crippen LogP contribution in [0.1, 0.15) is 26.4 Å². The van der Waals surface area contributed by atoms with Crippen molar-refractivity contribution in [3.8, 4) is 11.4 Å². The molecular formula is C22H14F2N4O3. The summed E-state index contributed by atoms with van der Waals surface area (Å²) >= 11 is 0. The third kappa shape index (κ3) is 2.77. The normalized spacial score (nSPS) is 13.2. The molecule has 2 aromatic heterocycles. The Kier molecular flexibility index (Phi) is 4.07. The van der Waals surface area contributed by atoms with Gasteiger partial charge in [0.05, 0.1) is 40.7 Å². The van der Waals surface area contributed by atoms with Gasteiger partial charge in [0.15, 0.2) is 5.65 Å². The highest BCUT2D eigenvalue weighted by atomic mass is 19.1. The van der Waals surface area contributed by atoms with E-state index in [1.165, 1.54) is 18.0 Å². The third-order valence-corrected chi connectivity index (χ3v) is 5.13. The number of methoxy groups -OCH3 is 1. The molecule has 0 N–H and O–H groups in total. The number of fused-ring (bicyclic) bond motifs is 3. The second-order valence-corrected chi connectivity index (χ2v) is 7.02. The van der Waals surface area contributed by atoms with Crippen LogP contribution in [-0.2, 0) is 0 Å². The molecule has 0 fully saturated rings. The van der Waals surface area contributed by atoms with Gasteiger partial charge in [-0.25, -0.2) is 23.3 Å². The molecule has 31 heavy (non-hydrogen) atoms. The highest BCUT2D eigenvalue weighted by Gasteiger charge is 2.40. The number of aromatic nitrogens is 3. The molecule has 9 heteroatoms. The van der Waals surface area contributed by atoms with Crippen LogP contribution < -0.4 is 9.64 Å². The smallest absolute Gasteiger partial charge is 0.267 e. The van der Waals surface area contributed by atoms with Crippen LogP contribution in [0.5, 0.6) is 5.75 Å². The lowest BCUT2D eigenvalue weighted by Crippen LogP contribution is -2.29. The Labute approximate surface area is 174 Å². The van der Waals surface area contributed by atoms with Crippen LogP contribution in [0.2, 0.25) is 0 Å². The van der Waals surface area contributed by atoms with Crippen molar-refractivity contribution >= 4 is 28.5 Å². The van der Waals surface area contributed by atoms with Gasteiger partial charge < -0.3 is 4.74 Å². The lowest BCUT2D eigenvalue weighted by atomic mass is 10.1. The Morgan fingerprint density at radius 3 is 2.42 bits per heavy atom. The molecule has 7 nitrogen and oxygen atoms in total. The Morgan fingerprint density at radius 1 is 0.968 bits per heavy atom. The fourth-order valence-electron chi connectivity index (χ4n) is 3.79. The fraction of sp³-hybridized carbons (Fsp3) is 0.0909. The van der Waals surface area contributed by atoms with Crippen molar-refractivity contribution in [2.45, 2.75) is 6.92 Å². The zero-order valence-electron chi connectivity index (χ0n) is 16.4. The first kappa shape index (κ1) is 18.9. The number of halogens is 2. The molecule has 3 heterocycles. The minimum absolute atomic E-state index is 0.115. The maximum absolute atomic E-state index is 13.7. The summed E-state index contributed by atoms with van der Waals surface area (Å²) in [7, 11) is 1.49. The fourth-order valence-corrected chi connectivity index (χ4v) is 3.79. The molecule has 4 aromatic rings. The van der Waals surface area contributed by atoms with Gasteiger partial charge in [0.2, 0.25) is 0 Å². The predicted octanol–water partition coefficient (Wildman–Crippen LogP) is 3.82. The maximum atomic E-state index is 13.7. The summed E-state index contributed by atoms with van der Waals surface area (Å²) in [5, 5.41) is 4.68. The monoisotopic (exact) mass is 420 g/mol. The highest BCUT2D eigenvalue weighted by Crippen LogP contribution is 2.35. The zero-order valence-corrected chi connectivity index (χ0v) is 16.4. The van der Waals surface area contributed by atoms with Crippen LogP contribution >= 0.6 is 0 Å². The molecule has 1 aliphatic rings. The van der Waals surface area contributed by atoms with E-state index in [2.05, 4.69) is 10.1 Å². The van der Waals surface area contributed by atoms with Crippen LogP contribution in [0.4, 0.5) is 14.5 Å². The van der Waals surface area contributed by atoms with Crippen LogP contribution in [0.15, 0.2) is 48.7 Å². The van der Waals surface area contributed by atoms with Gasteiger partial charge in [0, 0.05) is 18.3 Å². The summed E-state index contributed by atoms with van der Waals surface area (Å²) in [5.41, 5.74) is 1.37. The first-order valence-corrected chi connectivity index (χ1v) is 9.26. The van der Waals surface area contributed by atoms with Crippen molar-refractivity contribution in [2.24, 2.45) is 0 Å². The molecule has 0 atom stereocenters. The average Bonchev–Trinajstić information content (AvgIpc) is 3.21. The van der Waals surface area contributed by atoms with Crippen molar-refractivity contribution in [3.05, 3.63) is 77.1 Å². The number of carbonyl (C=O) groups is 2. The van der Waals surface area contributed by atoms with Gasteiger partial charge in [0.1, 0.15) is 17.4 Å². The van der Waals surface area contributed by atoms with Crippen molar-refractivity contribution < 1.29 is 23.1 Å². The quantitative estimate of drug-likeness (QED) is 0.471. The summed E-state index contributed by atoms with van der Waals surface area (Å²) in [6.45, 7) is 1.64. The van der Waals surface area contributed by atoms with Gasteiger partial charge in [-0.1, -0.05) is 6.07 Å². The van der Waals surface area contributed by atoms with Crippen LogP contribution in [0.3, 0.4) is 0 Å². The molecule has 5 rings (SSSR count). The molecule has 0 spiro atoms. The standard InChI is InChI=1S/C22H14F2N4O3/c1-11-18-19-17(21(29)27(22(19)30)14-4-3-5-16(9-14)31-2)10-25-20(18)28(26-11)15-7-12(23)6-13(24)8-15/h3-10H,1-2H3. The minimum atomic E-state index is -0.770. The van der Waals surface area contributed by atoms with Crippen LogP contribution in [0, 0.1) is 18.6 Å². The summed E-state index contributed by atoms with van der Waals surface area (Å²) in [6.07, 6.45) is 1.28. The lowest BCUT2D eigenvalue weighted by Gasteiger charge is -2.14. The Balaban J connectivity index is 1.70. The van der Waals surface area contributed by atoms with Gasteiger partial charge in [-0.15, -0.1) is 0 Å². The third-order valence-electron chi connectivity index (χ3n) is 5.13. The van der Waals surface area contributed by atoms with E-state index in [1.54, 1.807) is 31.2 Å². The molecule has 2 aromatic carbocycles. The van der Waals surface area contributed by atoms with E-state index < -0.39 is 23.4 Å².